The van der Waals surface area contributed by atoms with E-state index in [2.05, 4.69) is 5.32 Å². The second-order valence-corrected chi connectivity index (χ2v) is 6.48. The van der Waals surface area contributed by atoms with E-state index in [0.717, 1.165) is 0 Å². The van der Waals surface area contributed by atoms with Gasteiger partial charge in [-0.1, -0.05) is 6.92 Å². The summed E-state index contributed by atoms with van der Waals surface area (Å²) in [5.74, 6) is -0.0199. The molecule has 1 atom stereocenters. The first-order valence-corrected chi connectivity index (χ1v) is 8.07. The molecule has 0 saturated heterocycles. The average molecular weight is 263 g/mol. The third-order valence-electron chi connectivity index (χ3n) is 2.27. The molecule has 0 aromatic rings. The monoisotopic (exact) mass is 263 g/mol. The Labute approximate surface area is 105 Å². The topological polar surface area (TPSA) is 56.8 Å². The molecule has 5 nitrogen and oxygen atoms in total. The van der Waals surface area contributed by atoms with E-state index in [0.29, 0.717) is 26.2 Å². The molecule has 0 aliphatic rings. The molecule has 0 saturated carbocycles. The first-order chi connectivity index (χ1) is 8.06. The van der Waals surface area contributed by atoms with Gasteiger partial charge in [-0.05, 0) is 27.7 Å². The van der Waals surface area contributed by atoms with Gasteiger partial charge in [-0.15, -0.1) is 0 Å². The molecule has 0 rings (SSSR count). The van der Waals surface area contributed by atoms with Gasteiger partial charge in [-0.2, -0.15) is 0 Å². The zero-order valence-electron chi connectivity index (χ0n) is 11.5. The molecule has 0 radical (unpaired) electrons. The van der Waals surface area contributed by atoms with Crippen molar-refractivity contribution in [3.63, 3.8) is 0 Å². The van der Waals surface area contributed by atoms with Crippen LogP contribution in [0, 0.1) is 0 Å². The highest BCUT2D eigenvalue weighted by Crippen LogP contribution is 2.15. The molecule has 0 fully saturated rings. The van der Waals surface area contributed by atoms with Crippen LogP contribution in [0.4, 0.5) is 0 Å². The summed E-state index contributed by atoms with van der Waals surface area (Å²) in [5, 5.41) is 2.87. The van der Waals surface area contributed by atoms with Crippen LogP contribution in [0.3, 0.4) is 0 Å². The van der Waals surface area contributed by atoms with Gasteiger partial charge in [0.1, 0.15) is 0 Å². The number of rotatable bonds is 9. The summed E-state index contributed by atoms with van der Waals surface area (Å²) >= 11 is 0. The van der Waals surface area contributed by atoms with E-state index < -0.39 is 8.80 Å². The second-order valence-electron chi connectivity index (χ2n) is 3.55. The van der Waals surface area contributed by atoms with Gasteiger partial charge in [0.25, 0.3) is 0 Å². The minimum atomic E-state index is -2.81. The Balaban J connectivity index is 4.76. The Morgan fingerprint density at radius 3 is 1.76 bits per heavy atom. The Morgan fingerprint density at radius 1 is 1.06 bits per heavy atom. The van der Waals surface area contributed by atoms with Crippen molar-refractivity contribution in [2.24, 2.45) is 0 Å². The summed E-state index contributed by atoms with van der Waals surface area (Å²) < 4.78 is 17.1. The van der Waals surface area contributed by atoms with Crippen LogP contribution in [0.5, 0.6) is 0 Å². The van der Waals surface area contributed by atoms with Crippen LogP contribution in [-0.2, 0) is 18.1 Å². The van der Waals surface area contributed by atoms with E-state index in [1.54, 1.807) is 0 Å². The van der Waals surface area contributed by atoms with Gasteiger partial charge in [0.2, 0.25) is 5.91 Å². The lowest BCUT2D eigenvalue weighted by Crippen LogP contribution is -2.61. The molecule has 0 heterocycles. The highest BCUT2D eigenvalue weighted by Gasteiger charge is 2.47. The molecule has 102 valence electrons. The fourth-order valence-electron chi connectivity index (χ4n) is 1.54. The van der Waals surface area contributed by atoms with Crippen molar-refractivity contribution in [3.05, 3.63) is 0 Å². The molecule has 0 aliphatic heterocycles. The van der Waals surface area contributed by atoms with E-state index in [1.807, 2.05) is 34.6 Å². The van der Waals surface area contributed by atoms with Crippen LogP contribution in [0.2, 0.25) is 0 Å². The van der Waals surface area contributed by atoms with Crippen molar-refractivity contribution in [3.8, 4) is 0 Å². The Morgan fingerprint density at radius 2 is 1.47 bits per heavy atom. The minimum Gasteiger partial charge on any atom is -0.373 e. The molecule has 17 heavy (non-hydrogen) atoms. The lowest BCUT2D eigenvalue weighted by Gasteiger charge is -2.33. The van der Waals surface area contributed by atoms with Crippen molar-refractivity contribution < 1.29 is 18.1 Å². The number of hydrogen-bond donors (Lipinski definition) is 1. The molecule has 0 aromatic heterocycles. The molecular weight excluding hydrogens is 238 g/mol. The summed E-state index contributed by atoms with van der Waals surface area (Å²) in [6.45, 7) is 10.9. The van der Waals surface area contributed by atoms with Gasteiger partial charge in [0.05, 0.1) is 5.67 Å². The third-order valence-corrected chi connectivity index (χ3v) is 5.54. The molecule has 1 amide bonds. The van der Waals surface area contributed by atoms with Gasteiger partial charge < -0.3 is 18.6 Å². The quantitative estimate of drug-likeness (QED) is 0.640. The van der Waals surface area contributed by atoms with Gasteiger partial charge in [-0.25, -0.2) is 0 Å². The Hall–Kier alpha value is -0.433. The van der Waals surface area contributed by atoms with Crippen molar-refractivity contribution in [1.82, 2.24) is 5.32 Å². The maximum Gasteiger partial charge on any atom is 0.524 e. The second kappa shape index (κ2) is 8.63. The number of amides is 1. The van der Waals surface area contributed by atoms with Crippen molar-refractivity contribution >= 4 is 14.7 Å². The standard InChI is InChI=1S/C11H25NO4Si/c1-6-11(13)12-10(5)17(14-7-2,15-8-3)16-9-4/h10H,6-9H2,1-5H3,(H,12,13). The fraction of sp³-hybridized carbons (Fsp3) is 0.909. The molecule has 0 bridgehead atoms. The number of nitrogens with one attached hydrogen (secondary N) is 1. The predicted octanol–water partition coefficient (Wildman–Crippen LogP) is 1.49. The Kier molecular flexibility index (Phi) is 8.41. The summed E-state index contributed by atoms with van der Waals surface area (Å²) in [7, 11) is -2.81. The largest absolute Gasteiger partial charge is 0.524 e. The minimum absolute atomic E-state index is 0.0199. The van der Waals surface area contributed by atoms with Gasteiger partial charge >= 0.3 is 8.80 Å². The smallest absolute Gasteiger partial charge is 0.373 e. The number of carbonyl (C=O) groups excluding carboxylic acids is 1. The summed E-state index contributed by atoms with van der Waals surface area (Å²) in [5.41, 5.74) is -0.227. The summed E-state index contributed by atoms with van der Waals surface area (Å²) in [6, 6.07) is 0. The van der Waals surface area contributed by atoms with E-state index in [9.17, 15) is 4.79 Å². The normalized spacial score (nSPS) is 13.5. The molecule has 0 spiro atoms. The molecule has 1 unspecified atom stereocenters. The van der Waals surface area contributed by atoms with Crippen LogP contribution < -0.4 is 5.32 Å². The third kappa shape index (κ3) is 5.16. The zero-order chi connectivity index (χ0) is 13.3. The van der Waals surface area contributed by atoms with Gasteiger partial charge in [-0.3, -0.25) is 4.79 Å². The van der Waals surface area contributed by atoms with Crippen LogP contribution in [0.15, 0.2) is 0 Å². The van der Waals surface area contributed by atoms with Gasteiger partial charge in [0, 0.05) is 26.2 Å². The van der Waals surface area contributed by atoms with Crippen molar-refractivity contribution in [1.29, 1.82) is 0 Å². The lowest BCUT2D eigenvalue weighted by molar-refractivity contribution is -0.121. The highest BCUT2D eigenvalue weighted by molar-refractivity contribution is 6.62. The highest BCUT2D eigenvalue weighted by atomic mass is 28.4. The fourth-order valence-corrected chi connectivity index (χ4v) is 4.08. The van der Waals surface area contributed by atoms with E-state index in [1.165, 1.54) is 0 Å². The zero-order valence-corrected chi connectivity index (χ0v) is 12.5. The summed E-state index contributed by atoms with van der Waals surface area (Å²) in [4.78, 5) is 11.4. The number of hydrogen-bond acceptors (Lipinski definition) is 4. The molecule has 6 heteroatoms. The molecule has 1 N–H and O–H groups in total. The number of carbonyl (C=O) groups is 1. The van der Waals surface area contributed by atoms with Gasteiger partial charge in [0.15, 0.2) is 0 Å². The summed E-state index contributed by atoms with van der Waals surface area (Å²) in [6.07, 6.45) is 0.444. The van der Waals surface area contributed by atoms with Crippen LogP contribution in [0.25, 0.3) is 0 Å². The van der Waals surface area contributed by atoms with E-state index in [4.69, 9.17) is 13.3 Å². The van der Waals surface area contributed by atoms with Crippen molar-refractivity contribution in [2.45, 2.75) is 46.7 Å². The average Bonchev–Trinajstić information content (AvgIpc) is 2.29. The van der Waals surface area contributed by atoms with Crippen LogP contribution >= 0.6 is 0 Å². The van der Waals surface area contributed by atoms with E-state index in [-0.39, 0.29) is 11.6 Å². The first-order valence-electron chi connectivity index (χ1n) is 6.27. The lowest BCUT2D eigenvalue weighted by atomic mass is 10.4. The molecule has 0 aliphatic carbocycles. The molecule has 0 aromatic carbocycles. The maximum absolute atomic E-state index is 11.4. The SMILES string of the molecule is CCO[Si](OCC)(OCC)C(C)NC(=O)CC. The molecular formula is C11H25NO4Si. The first kappa shape index (κ1) is 16.6. The predicted molar refractivity (Wildman–Crippen MR) is 68.5 cm³/mol. The maximum atomic E-state index is 11.4. The Bertz CT molecular complexity index is 208. The van der Waals surface area contributed by atoms with E-state index >= 15 is 0 Å². The van der Waals surface area contributed by atoms with Crippen LogP contribution in [0.1, 0.15) is 41.0 Å². The van der Waals surface area contributed by atoms with Crippen LogP contribution in [-0.4, -0.2) is 40.2 Å². The van der Waals surface area contributed by atoms with Crippen molar-refractivity contribution in [2.75, 3.05) is 19.8 Å².